The Kier molecular flexibility index (Phi) is 6.46. The Morgan fingerprint density at radius 3 is 1.62 bits per heavy atom. The summed E-state index contributed by atoms with van der Waals surface area (Å²) in [6, 6.07) is 64.2. The molecule has 47 heavy (non-hydrogen) atoms. The molecule has 3 nitrogen and oxygen atoms in total. The van der Waals surface area contributed by atoms with Crippen molar-refractivity contribution in [1.82, 2.24) is 0 Å². The molecule has 9 rings (SSSR count). The second kappa shape index (κ2) is 11.2. The van der Waals surface area contributed by atoms with Crippen molar-refractivity contribution >= 4 is 55.7 Å². The van der Waals surface area contributed by atoms with E-state index in [2.05, 4.69) is 180 Å². The van der Waals surface area contributed by atoms with Crippen LogP contribution in [0.15, 0.2) is 182 Å². The van der Waals surface area contributed by atoms with Gasteiger partial charge in [0.2, 0.25) is 0 Å². The molecule has 0 N–H and O–H groups in total. The fourth-order valence-corrected chi connectivity index (χ4v) is 6.86. The molecule has 0 aromatic heterocycles. The van der Waals surface area contributed by atoms with E-state index in [-0.39, 0.29) is 0 Å². The zero-order valence-electron chi connectivity index (χ0n) is 25.6. The Bertz CT molecular complexity index is 2350. The number of nitrogens with zero attached hydrogens (tertiary/aromatic N) is 2. The van der Waals surface area contributed by atoms with E-state index in [1.165, 1.54) is 16.3 Å². The van der Waals surface area contributed by atoms with Gasteiger partial charge in [0.15, 0.2) is 0 Å². The largest absolute Gasteiger partial charge is 0.456 e. The Balaban J connectivity index is 1.20. The van der Waals surface area contributed by atoms with Gasteiger partial charge in [-0.15, -0.1) is 0 Å². The second-order valence-electron chi connectivity index (χ2n) is 11.8. The maximum Gasteiger partial charge on any atom is 0.137 e. The third-order valence-corrected chi connectivity index (χ3v) is 8.99. The molecular weight excluding hydrogens is 572 g/mol. The minimum absolute atomic E-state index is 0.849. The molecule has 0 fully saturated rings. The molecule has 0 unspecified atom stereocenters. The van der Waals surface area contributed by atoms with Gasteiger partial charge in [0, 0.05) is 50.8 Å². The molecule has 1 aliphatic heterocycles. The maximum absolute atomic E-state index is 6.77. The van der Waals surface area contributed by atoms with Crippen LogP contribution < -0.4 is 14.5 Å². The highest BCUT2D eigenvalue weighted by Gasteiger charge is 2.25. The summed E-state index contributed by atoms with van der Waals surface area (Å²) in [5.41, 5.74) is 8.81. The molecule has 0 spiro atoms. The van der Waals surface area contributed by atoms with Gasteiger partial charge >= 0.3 is 0 Å². The van der Waals surface area contributed by atoms with Crippen LogP contribution in [0.1, 0.15) is 0 Å². The summed E-state index contributed by atoms with van der Waals surface area (Å²) in [5, 5.41) is 4.70. The van der Waals surface area contributed by atoms with E-state index in [1.54, 1.807) is 0 Å². The summed E-state index contributed by atoms with van der Waals surface area (Å²) < 4.78 is 6.77. The van der Waals surface area contributed by atoms with Crippen LogP contribution in [0.3, 0.4) is 0 Å². The first-order valence-electron chi connectivity index (χ1n) is 15.9. The molecule has 222 valence electrons. The summed E-state index contributed by atoms with van der Waals surface area (Å²) in [7, 11) is 0. The van der Waals surface area contributed by atoms with Gasteiger partial charge in [-0.05, 0) is 89.1 Å². The first kappa shape index (κ1) is 27.0. The summed E-state index contributed by atoms with van der Waals surface area (Å²) >= 11 is 0. The normalized spacial score (nSPS) is 11.6. The Hall–Kier alpha value is -6.32. The number of hydrogen-bond donors (Lipinski definition) is 0. The van der Waals surface area contributed by atoms with Gasteiger partial charge in [0.1, 0.15) is 11.5 Å². The average Bonchev–Trinajstić information content (AvgIpc) is 3.14. The van der Waals surface area contributed by atoms with Crippen LogP contribution in [0.4, 0.5) is 34.1 Å². The third-order valence-electron chi connectivity index (χ3n) is 8.99. The highest BCUT2D eigenvalue weighted by Crippen LogP contribution is 2.52. The zero-order valence-corrected chi connectivity index (χ0v) is 25.6. The maximum atomic E-state index is 6.77. The van der Waals surface area contributed by atoms with Gasteiger partial charge in [0.25, 0.3) is 0 Å². The van der Waals surface area contributed by atoms with Crippen LogP contribution in [0.25, 0.3) is 32.7 Å². The number of hydrogen-bond acceptors (Lipinski definition) is 3. The van der Waals surface area contributed by atoms with Crippen molar-refractivity contribution in [3.63, 3.8) is 0 Å². The molecule has 8 aromatic carbocycles. The highest BCUT2D eigenvalue weighted by molar-refractivity contribution is 6.11. The smallest absolute Gasteiger partial charge is 0.137 e. The molecule has 0 amide bonds. The minimum atomic E-state index is 0.849. The molecular formula is C44H30N2O. The van der Waals surface area contributed by atoms with Crippen LogP contribution in [0.5, 0.6) is 11.5 Å². The minimum Gasteiger partial charge on any atom is -0.456 e. The Morgan fingerprint density at radius 2 is 0.915 bits per heavy atom. The topological polar surface area (TPSA) is 15.7 Å². The SMILES string of the molecule is c1ccc(N(c2ccccc2)c2ccc3c(c2)Oc2cccc4c(N(c5ccccc5)c5ccc6ccccc6c5)ccc-3c24)cc1. The van der Waals surface area contributed by atoms with Gasteiger partial charge in [-0.1, -0.05) is 103 Å². The Labute approximate surface area is 274 Å². The van der Waals surface area contributed by atoms with Crippen molar-refractivity contribution < 1.29 is 4.74 Å². The lowest BCUT2D eigenvalue weighted by atomic mass is 9.93. The summed E-state index contributed by atoms with van der Waals surface area (Å²) in [6.45, 7) is 0. The molecule has 1 aliphatic rings. The van der Waals surface area contributed by atoms with Gasteiger partial charge in [-0.3, -0.25) is 0 Å². The van der Waals surface area contributed by atoms with E-state index in [0.717, 1.165) is 62.0 Å². The van der Waals surface area contributed by atoms with E-state index in [4.69, 9.17) is 4.74 Å². The number of fused-ring (bicyclic) bond motifs is 3. The molecule has 0 saturated carbocycles. The molecule has 0 aliphatic carbocycles. The fraction of sp³-hybridized carbons (Fsp3) is 0. The molecule has 8 aromatic rings. The lowest BCUT2D eigenvalue weighted by Crippen LogP contribution is -2.11. The van der Waals surface area contributed by atoms with Crippen molar-refractivity contribution in [2.75, 3.05) is 9.80 Å². The molecule has 0 radical (unpaired) electrons. The fourth-order valence-electron chi connectivity index (χ4n) is 6.86. The van der Waals surface area contributed by atoms with Crippen LogP contribution >= 0.6 is 0 Å². The highest BCUT2D eigenvalue weighted by atomic mass is 16.5. The lowest BCUT2D eigenvalue weighted by molar-refractivity contribution is 0.487. The standard InChI is InChI=1S/C44H30N2O/c1-4-15-33(16-5-1)45(34-17-6-2-7-18-34)37-25-26-38-39-27-28-41(40-21-12-22-42(44(39)40)47-43(38)30-37)46(35-19-8-3-9-20-35)36-24-23-31-13-10-11-14-32(31)29-36/h1-30H. The monoisotopic (exact) mass is 602 g/mol. The van der Waals surface area contributed by atoms with Crippen LogP contribution in [-0.4, -0.2) is 0 Å². The third kappa shape index (κ3) is 4.68. The Morgan fingerprint density at radius 1 is 0.340 bits per heavy atom. The van der Waals surface area contributed by atoms with Crippen molar-refractivity contribution in [3.05, 3.63) is 182 Å². The first-order chi connectivity index (χ1) is 23.3. The molecule has 3 heteroatoms. The second-order valence-corrected chi connectivity index (χ2v) is 11.8. The number of anilines is 6. The summed E-state index contributed by atoms with van der Waals surface area (Å²) in [6.07, 6.45) is 0. The van der Waals surface area contributed by atoms with Crippen LogP contribution in [-0.2, 0) is 0 Å². The first-order valence-corrected chi connectivity index (χ1v) is 15.9. The molecule has 0 bridgehead atoms. The summed E-state index contributed by atoms with van der Waals surface area (Å²) in [4.78, 5) is 4.62. The lowest BCUT2D eigenvalue weighted by Gasteiger charge is -2.30. The van der Waals surface area contributed by atoms with Crippen molar-refractivity contribution in [1.29, 1.82) is 0 Å². The van der Waals surface area contributed by atoms with Gasteiger partial charge in [-0.2, -0.15) is 0 Å². The van der Waals surface area contributed by atoms with Crippen molar-refractivity contribution in [3.8, 4) is 22.6 Å². The molecule has 0 atom stereocenters. The average molecular weight is 603 g/mol. The van der Waals surface area contributed by atoms with E-state index >= 15 is 0 Å². The number of para-hydroxylation sites is 3. The molecule has 1 heterocycles. The van der Waals surface area contributed by atoms with E-state index < -0.39 is 0 Å². The van der Waals surface area contributed by atoms with Gasteiger partial charge in [0.05, 0.1) is 5.69 Å². The van der Waals surface area contributed by atoms with Gasteiger partial charge < -0.3 is 14.5 Å². The number of rotatable bonds is 6. The zero-order chi connectivity index (χ0) is 31.2. The van der Waals surface area contributed by atoms with Crippen molar-refractivity contribution in [2.24, 2.45) is 0 Å². The van der Waals surface area contributed by atoms with Crippen molar-refractivity contribution in [2.45, 2.75) is 0 Å². The van der Waals surface area contributed by atoms with Crippen LogP contribution in [0.2, 0.25) is 0 Å². The molecule has 0 saturated heterocycles. The predicted octanol–water partition coefficient (Wildman–Crippen LogP) is 12.7. The van der Waals surface area contributed by atoms with Gasteiger partial charge in [-0.25, -0.2) is 0 Å². The van der Waals surface area contributed by atoms with Crippen LogP contribution in [0, 0.1) is 0 Å². The quantitative estimate of drug-likeness (QED) is 0.188. The predicted molar refractivity (Wildman–Crippen MR) is 196 cm³/mol. The van der Waals surface area contributed by atoms with E-state index in [0.29, 0.717) is 0 Å². The number of benzene rings is 8. The number of ether oxygens (including phenoxy) is 1. The van der Waals surface area contributed by atoms with E-state index in [9.17, 15) is 0 Å². The summed E-state index contributed by atoms with van der Waals surface area (Å²) in [5.74, 6) is 1.71. The van der Waals surface area contributed by atoms with E-state index in [1.807, 2.05) is 12.1 Å².